The minimum atomic E-state index is 0.348. The predicted molar refractivity (Wildman–Crippen MR) is 113 cm³/mol. The molecule has 2 aromatic rings. The Morgan fingerprint density at radius 2 is 1.62 bits per heavy atom. The van der Waals surface area contributed by atoms with Gasteiger partial charge in [0, 0.05) is 18.0 Å². The number of hydrogen-bond donors (Lipinski definition) is 0. The number of aryl methyl sites for hydroxylation is 2. The molecule has 0 amide bonds. The molecule has 0 unspecified atom stereocenters. The number of rotatable bonds is 12. The van der Waals surface area contributed by atoms with Crippen molar-refractivity contribution >= 4 is 6.21 Å². The number of benzene rings is 1. The molecular formula is C22H29N3O4. The van der Waals surface area contributed by atoms with E-state index in [2.05, 4.69) is 20.0 Å². The van der Waals surface area contributed by atoms with Crippen LogP contribution in [0.15, 0.2) is 41.8 Å². The molecule has 156 valence electrons. The van der Waals surface area contributed by atoms with Crippen molar-refractivity contribution in [2.45, 2.75) is 33.6 Å². The highest BCUT2D eigenvalue weighted by Crippen LogP contribution is 2.28. The summed E-state index contributed by atoms with van der Waals surface area (Å²) in [5.41, 5.74) is 2.89. The molecular weight excluding hydrogens is 370 g/mol. The summed E-state index contributed by atoms with van der Waals surface area (Å²) >= 11 is 0. The van der Waals surface area contributed by atoms with Crippen LogP contribution in [-0.4, -0.2) is 43.1 Å². The van der Waals surface area contributed by atoms with E-state index in [1.54, 1.807) is 12.4 Å². The normalized spacial score (nSPS) is 11.2. The van der Waals surface area contributed by atoms with Crippen LogP contribution < -0.4 is 14.2 Å². The monoisotopic (exact) mass is 399 g/mol. The number of nitrogens with zero attached hydrogens (tertiary/aromatic N) is 3. The van der Waals surface area contributed by atoms with Crippen molar-refractivity contribution in [1.29, 1.82) is 0 Å². The molecule has 0 aliphatic rings. The van der Waals surface area contributed by atoms with E-state index in [9.17, 15) is 0 Å². The fourth-order valence-electron chi connectivity index (χ4n) is 2.58. The van der Waals surface area contributed by atoms with Gasteiger partial charge in [0.25, 0.3) is 0 Å². The van der Waals surface area contributed by atoms with E-state index in [1.165, 1.54) is 13.3 Å². The third-order valence-corrected chi connectivity index (χ3v) is 3.99. The molecule has 0 radical (unpaired) electrons. The smallest absolute Gasteiger partial charge is 0.316 e. The number of unbranched alkanes of at least 4 members (excludes halogenated alkanes) is 1. The van der Waals surface area contributed by atoms with E-state index < -0.39 is 0 Å². The van der Waals surface area contributed by atoms with Crippen molar-refractivity contribution in [3.05, 3.63) is 53.4 Å². The zero-order valence-corrected chi connectivity index (χ0v) is 17.6. The summed E-state index contributed by atoms with van der Waals surface area (Å²) < 4.78 is 17.2. The number of ether oxygens (including phenoxy) is 3. The van der Waals surface area contributed by atoms with E-state index in [0.717, 1.165) is 41.0 Å². The average molecular weight is 399 g/mol. The molecule has 0 atom stereocenters. The van der Waals surface area contributed by atoms with Gasteiger partial charge in [0.2, 0.25) is 0 Å². The maximum Gasteiger partial charge on any atom is 0.316 e. The van der Waals surface area contributed by atoms with E-state index in [1.807, 2.05) is 45.1 Å². The van der Waals surface area contributed by atoms with Crippen LogP contribution in [0.25, 0.3) is 0 Å². The standard InChI is InChI=1S/C22H29N3O4/c1-5-6-9-27-20-12-17(2)21(18(3)13-20)28-10-7-8-11-29-22-23-14-19(15-24-22)16-25-26-4/h5-6,12-16H,7-11H2,1-4H3/b6-5+,25-16+. The van der Waals surface area contributed by atoms with Crippen molar-refractivity contribution < 1.29 is 19.0 Å². The summed E-state index contributed by atoms with van der Waals surface area (Å²) in [6, 6.07) is 4.36. The Morgan fingerprint density at radius 3 is 2.24 bits per heavy atom. The molecule has 0 bridgehead atoms. The molecule has 0 saturated heterocycles. The first-order valence-electron chi connectivity index (χ1n) is 9.63. The third-order valence-electron chi connectivity index (χ3n) is 3.99. The summed E-state index contributed by atoms with van der Waals surface area (Å²) in [4.78, 5) is 12.9. The van der Waals surface area contributed by atoms with Gasteiger partial charge in [-0.25, -0.2) is 9.97 Å². The van der Waals surface area contributed by atoms with Gasteiger partial charge in [-0.15, -0.1) is 0 Å². The van der Waals surface area contributed by atoms with Crippen molar-refractivity contribution in [2.24, 2.45) is 5.16 Å². The minimum Gasteiger partial charge on any atom is -0.493 e. The van der Waals surface area contributed by atoms with Crippen molar-refractivity contribution in [2.75, 3.05) is 26.9 Å². The summed E-state index contributed by atoms with van der Waals surface area (Å²) in [6.07, 6.45) is 10.5. The number of allylic oxidation sites excluding steroid dienone is 1. The highest BCUT2D eigenvalue weighted by atomic mass is 16.6. The Bertz CT molecular complexity index is 781. The van der Waals surface area contributed by atoms with Crippen LogP contribution in [0.2, 0.25) is 0 Å². The lowest BCUT2D eigenvalue weighted by Gasteiger charge is -2.14. The first kappa shape index (κ1) is 22.2. The molecule has 0 aliphatic carbocycles. The highest BCUT2D eigenvalue weighted by Gasteiger charge is 2.07. The van der Waals surface area contributed by atoms with Crippen LogP contribution in [0.1, 0.15) is 36.5 Å². The van der Waals surface area contributed by atoms with Crippen LogP contribution in [0, 0.1) is 13.8 Å². The van der Waals surface area contributed by atoms with Gasteiger partial charge in [0.15, 0.2) is 0 Å². The lowest BCUT2D eigenvalue weighted by Crippen LogP contribution is -2.06. The quantitative estimate of drug-likeness (QED) is 0.230. The van der Waals surface area contributed by atoms with Gasteiger partial charge in [0.05, 0.1) is 19.4 Å². The van der Waals surface area contributed by atoms with Crippen molar-refractivity contribution in [3.63, 3.8) is 0 Å². The second-order valence-electron chi connectivity index (χ2n) is 6.39. The topological polar surface area (TPSA) is 75.1 Å². The van der Waals surface area contributed by atoms with E-state index in [4.69, 9.17) is 14.2 Å². The zero-order chi connectivity index (χ0) is 20.9. The van der Waals surface area contributed by atoms with E-state index in [-0.39, 0.29) is 0 Å². The van der Waals surface area contributed by atoms with E-state index in [0.29, 0.717) is 25.8 Å². The molecule has 0 fully saturated rings. The van der Waals surface area contributed by atoms with Crippen molar-refractivity contribution in [1.82, 2.24) is 9.97 Å². The molecule has 1 aromatic heterocycles. The zero-order valence-electron chi connectivity index (χ0n) is 17.6. The largest absolute Gasteiger partial charge is 0.493 e. The molecule has 0 aliphatic heterocycles. The third kappa shape index (κ3) is 7.81. The van der Waals surface area contributed by atoms with E-state index >= 15 is 0 Å². The predicted octanol–water partition coefficient (Wildman–Crippen LogP) is 4.27. The van der Waals surface area contributed by atoms with Gasteiger partial charge in [0.1, 0.15) is 25.2 Å². The van der Waals surface area contributed by atoms with Gasteiger partial charge < -0.3 is 19.0 Å². The molecule has 29 heavy (non-hydrogen) atoms. The van der Waals surface area contributed by atoms with Gasteiger partial charge in [-0.05, 0) is 56.9 Å². The Morgan fingerprint density at radius 1 is 0.966 bits per heavy atom. The summed E-state index contributed by atoms with van der Waals surface area (Å²) in [6.45, 7) is 7.77. The minimum absolute atomic E-state index is 0.348. The number of hydrogen-bond acceptors (Lipinski definition) is 7. The molecule has 0 N–H and O–H groups in total. The Balaban J connectivity index is 1.70. The summed E-state index contributed by atoms with van der Waals surface area (Å²) in [7, 11) is 1.48. The van der Waals surface area contributed by atoms with Gasteiger partial charge in [-0.3, -0.25) is 0 Å². The lowest BCUT2D eigenvalue weighted by atomic mass is 10.1. The summed E-state index contributed by atoms with van der Waals surface area (Å²) in [5, 5.41) is 3.66. The molecule has 0 saturated carbocycles. The molecule has 7 heteroatoms. The Hall–Kier alpha value is -3.09. The molecule has 1 aromatic carbocycles. The molecule has 2 rings (SSSR count). The lowest BCUT2D eigenvalue weighted by molar-refractivity contribution is 0.215. The van der Waals surface area contributed by atoms with Gasteiger partial charge in [-0.2, -0.15) is 0 Å². The second kappa shape index (κ2) is 12.4. The Labute approximate surface area is 172 Å². The molecule has 7 nitrogen and oxygen atoms in total. The summed E-state index contributed by atoms with van der Waals surface area (Å²) in [5.74, 6) is 1.78. The van der Waals surface area contributed by atoms with Crippen molar-refractivity contribution in [3.8, 4) is 17.5 Å². The Kier molecular flexibility index (Phi) is 9.48. The molecule has 0 spiro atoms. The SMILES string of the molecule is C/C=C/COc1cc(C)c(OCCCCOc2ncc(/C=N/OC)cn2)c(C)c1. The fourth-order valence-corrected chi connectivity index (χ4v) is 2.58. The van der Waals surface area contributed by atoms with Crippen LogP contribution in [0.3, 0.4) is 0 Å². The molecule has 1 heterocycles. The average Bonchev–Trinajstić information content (AvgIpc) is 2.71. The second-order valence-corrected chi connectivity index (χ2v) is 6.39. The van der Waals surface area contributed by atoms with Gasteiger partial charge in [-0.1, -0.05) is 17.3 Å². The first-order valence-corrected chi connectivity index (χ1v) is 9.63. The maximum absolute atomic E-state index is 5.97. The number of aromatic nitrogens is 2. The number of oxime groups is 1. The first-order chi connectivity index (χ1) is 14.1. The van der Waals surface area contributed by atoms with Crippen LogP contribution in [0.5, 0.6) is 17.5 Å². The maximum atomic E-state index is 5.97. The van der Waals surface area contributed by atoms with Crippen LogP contribution >= 0.6 is 0 Å². The van der Waals surface area contributed by atoms with Crippen LogP contribution in [0.4, 0.5) is 0 Å². The fraction of sp³-hybridized carbons (Fsp3) is 0.409. The highest BCUT2D eigenvalue weighted by molar-refractivity contribution is 5.77. The van der Waals surface area contributed by atoms with Gasteiger partial charge >= 0.3 is 6.01 Å². The van der Waals surface area contributed by atoms with Crippen LogP contribution in [-0.2, 0) is 4.84 Å².